The Morgan fingerprint density at radius 2 is 1.90 bits per heavy atom. The zero-order valence-electron chi connectivity index (χ0n) is 11.5. The number of ether oxygens (including phenoxy) is 1. The Labute approximate surface area is 126 Å². The molecule has 0 atom stereocenters. The fraction of sp³-hybridized carbons (Fsp3) is 0.143. The van der Waals surface area contributed by atoms with Gasteiger partial charge in [-0.15, -0.1) is 0 Å². The van der Waals surface area contributed by atoms with E-state index in [1.165, 1.54) is 0 Å². The van der Waals surface area contributed by atoms with E-state index in [1.54, 1.807) is 7.05 Å². The van der Waals surface area contributed by atoms with Crippen LogP contribution in [-0.4, -0.2) is 27.0 Å². The van der Waals surface area contributed by atoms with Crippen molar-refractivity contribution in [3.05, 3.63) is 41.3 Å². The number of nitrogens with zero attached hydrogens (tertiary/aromatic N) is 4. The Balaban J connectivity index is 2.05. The summed E-state index contributed by atoms with van der Waals surface area (Å²) in [6, 6.07) is 9.72. The highest BCUT2D eigenvalue weighted by Crippen LogP contribution is 2.27. The maximum absolute atomic E-state index is 5.84. The molecule has 1 aromatic carbocycles. The lowest BCUT2D eigenvalue weighted by Crippen LogP contribution is -2.01. The molecule has 0 aliphatic heterocycles. The lowest BCUT2D eigenvalue weighted by molar-refractivity contribution is 0.444. The van der Waals surface area contributed by atoms with Gasteiger partial charge in [0.15, 0.2) is 5.75 Å². The third-order valence-corrected chi connectivity index (χ3v) is 3.00. The average Bonchev–Trinajstić information content (AvgIpc) is 2.47. The van der Waals surface area contributed by atoms with Crippen molar-refractivity contribution in [3.63, 3.8) is 0 Å². The van der Waals surface area contributed by atoms with Gasteiger partial charge in [0.1, 0.15) is 5.52 Å². The third kappa shape index (κ3) is 2.85. The molecule has 0 spiro atoms. The molecule has 0 fully saturated rings. The van der Waals surface area contributed by atoms with E-state index in [1.807, 2.05) is 37.3 Å². The maximum atomic E-state index is 5.84. The van der Waals surface area contributed by atoms with Gasteiger partial charge in [-0.25, -0.2) is 4.98 Å². The van der Waals surface area contributed by atoms with Crippen LogP contribution in [0.2, 0.25) is 5.28 Å². The molecule has 3 rings (SSSR count). The highest BCUT2D eigenvalue weighted by atomic mass is 35.5. The molecule has 0 radical (unpaired) electrons. The second-order valence-corrected chi connectivity index (χ2v) is 4.68. The van der Waals surface area contributed by atoms with Crippen LogP contribution in [0.4, 0.5) is 5.95 Å². The predicted octanol–water partition coefficient (Wildman–Crippen LogP) is 3.22. The maximum Gasteiger partial charge on any atom is 0.328 e. The van der Waals surface area contributed by atoms with Gasteiger partial charge in [-0.1, -0.05) is 18.2 Å². The van der Waals surface area contributed by atoms with E-state index in [9.17, 15) is 0 Å². The number of pyridine rings is 1. The van der Waals surface area contributed by atoms with Crippen molar-refractivity contribution in [2.75, 3.05) is 12.4 Å². The largest absolute Gasteiger partial charge is 0.422 e. The Morgan fingerprint density at radius 3 is 2.71 bits per heavy atom. The van der Waals surface area contributed by atoms with Gasteiger partial charge in [0.25, 0.3) is 0 Å². The standard InChI is InChI=1S/C14H12ClN5O/c1-8-6-7-9-4-3-5-10(11(9)17-8)21-14-19-12(15)18-13(16-2)20-14/h3-7H,1-2H3,(H,16,18,19,20). The third-order valence-electron chi connectivity index (χ3n) is 2.83. The number of anilines is 1. The number of hydrogen-bond acceptors (Lipinski definition) is 6. The molecule has 0 saturated carbocycles. The van der Waals surface area contributed by atoms with E-state index in [-0.39, 0.29) is 11.3 Å². The quantitative estimate of drug-likeness (QED) is 0.801. The summed E-state index contributed by atoms with van der Waals surface area (Å²) in [6.07, 6.45) is 0. The number of para-hydroxylation sites is 1. The van der Waals surface area contributed by atoms with Crippen molar-refractivity contribution in [2.45, 2.75) is 6.92 Å². The van der Waals surface area contributed by atoms with Gasteiger partial charge in [-0.2, -0.15) is 15.0 Å². The number of nitrogens with one attached hydrogen (secondary N) is 1. The van der Waals surface area contributed by atoms with Crippen LogP contribution in [0, 0.1) is 6.92 Å². The summed E-state index contributed by atoms with van der Waals surface area (Å²) in [5.74, 6) is 0.912. The number of benzene rings is 1. The van der Waals surface area contributed by atoms with E-state index in [0.717, 1.165) is 16.6 Å². The molecule has 7 heteroatoms. The lowest BCUT2D eigenvalue weighted by Gasteiger charge is -2.08. The summed E-state index contributed by atoms with van der Waals surface area (Å²) >= 11 is 5.84. The van der Waals surface area contributed by atoms with Crippen molar-refractivity contribution in [2.24, 2.45) is 0 Å². The normalized spacial score (nSPS) is 10.6. The summed E-state index contributed by atoms with van der Waals surface area (Å²) in [5.41, 5.74) is 1.66. The highest BCUT2D eigenvalue weighted by Gasteiger charge is 2.09. The molecule has 2 aromatic heterocycles. The van der Waals surface area contributed by atoms with Gasteiger partial charge in [0.05, 0.1) is 0 Å². The predicted molar refractivity (Wildman–Crippen MR) is 80.9 cm³/mol. The second-order valence-electron chi connectivity index (χ2n) is 4.34. The molecule has 0 aliphatic carbocycles. The van der Waals surface area contributed by atoms with Crippen molar-refractivity contribution >= 4 is 28.5 Å². The molecule has 0 saturated heterocycles. The Kier molecular flexibility index (Phi) is 3.53. The molecule has 0 amide bonds. The number of rotatable bonds is 3. The van der Waals surface area contributed by atoms with Gasteiger partial charge in [-0.05, 0) is 30.7 Å². The molecule has 0 aliphatic rings. The van der Waals surface area contributed by atoms with Crippen LogP contribution in [0.1, 0.15) is 5.69 Å². The number of aryl methyl sites for hydroxylation is 1. The minimum absolute atomic E-state index is 0.0636. The first-order chi connectivity index (χ1) is 10.2. The molecule has 106 valence electrons. The number of halogens is 1. The van der Waals surface area contributed by atoms with E-state index in [2.05, 4.69) is 25.3 Å². The monoisotopic (exact) mass is 301 g/mol. The summed E-state index contributed by atoms with van der Waals surface area (Å²) in [5, 5.41) is 3.84. The first kappa shape index (κ1) is 13.5. The van der Waals surface area contributed by atoms with Crippen LogP contribution in [0.25, 0.3) is 10.9 Å². The number of aromatic nitrogens is 4. The van der Waals surface area contributed by atoms with Gasteiger partial charge in [0.2, 0.25) is 11.2 Å². The molecule has 2 heterocycles. The van der Waals surface area contributed by atoms with E-state index in [0.29, 0.717) is 11.7 Å². The lowest BCUT2D eigenvalue weighted by atomic mass is 10.2. The van der Waals surface area contributed by atoms with E-state index in [4.69, 9.17) is 16.3 Å². The first-order valence-electron chi connectivity index (χ1n) is 6.29. The van der Waals surface area contributed by atoms with Crippen LogP contribution in [0.3, 0.4) is 0 Å². The summed E-state index contributed by atoms with van der Waals surface area (Å²) in [6.45, 7) is 1.93. The van der Waals surface area contributed by atoms with Gasteiger partial charge >= 0.3 is 6.01 Å². The minimum atomic E-state index is 0.0636. The summed E-state index contributed by atoms with van der Waals surface area (Å²) in [7, 11) is 1.69. The average molecular weight is 302 g/mol. The van der Waals surface area contributed by atoms with Crippen LogP contribution in [0.5, 0.6) is 11.8 Å². The van der Waals surface area contributed by atoms with Crippen molar-refractivity contribution in [1.82, 2.24) is 19.9 Å². The summed E-state index contributed by atoms with van der Waals surface area (Å²) < 4.78 is 5.72. The molecule has 0 bridgehead atoms. The van der Waals surface area contributed by atoms with Gasteiger partial charge in [-0.3, -0.25) is 0 Å². The van der Waals surface area contributed by atoms with E-state index < -0.39 is 0 Å². The first-order valence-corrected chi connectivity index (χ1v) is 6.67. The van der Waals surface area contributed by atoms with Crippen LogP contribution in [0.15, 0.2) is 30.3 Å². The van der Waals surface area contributed by atoms with E-state index >= 15 is 0 Å². The zero-order chi connectivity index (χ0) is 14.8. The van der Waals surface area contributed by atoms with Crippen molar-refractivity contribution in [3.8, 4) is 11.8 Å². The smallest absolute Gasteiger partial charge is 0.328 e. The van der Waals surface area contributed by atoms with Crippen LogP contribution < -0.4 is 10.1 Å². The van der Waals surface area contributed by atoms with Gasteiger partial charge in [0, 0.05) is 18.1 Å². The van der Waals surface area contributed by atoms with Crippen molar-refractivity contribution in [1.29, 1.82) is 0 Å². The molecular weight excluding hydrogens is 290 g/mol. The highest BCUT2D eigenvalue weighted by molar-refractivity contribution is 6.28. The number of fused-ring (bicyclic) bond motifs is 1. The molecule has 21 heavy (non-hydrogen) atoms. The molecule has 0 unspecified atom stereocenters. The zero-order valence-corrected chi connectivity index (χ0v) is 12.2. The summed E-state index contributed by atoms with van der Waals surface area (Å²) in [4.78, 5) is 16.5. The Hall–Kier alpha value is -2.47. The van der Waals surface area contributed by atoms with Crippen molar-refractivity contribution < 1.29 is 4.74 Å². The molecule has 6 nitrogen and oxygen atoms in total. The Bertz CT molecular complexity index is 808. The SMILES string of the molecule is CNc1nc(Cl)nc(Oc2cccc3ccc(C)nc23)n1. The molecular formula is C14H12ClN5O. The second kappa shape index (κ2) is 5.49. The number of hydrogen-bond donors (Lipinski definition) is 1. The Morgan fingerprint density at radius 1 is 1.05 bits per heavy atom. The fourth-order valence-electron chi connectivity index (χ4n) is 1.89. The topological polar surface area (TPSA) is 72.8 Å². The van der Waals surface area contributed by atoms with Crippen LogP contribution >= 0.6 is 11.6 Å². The van der Waals surface area contributed by atoms with Gasteiger partial charge < -0.3 is 10.1 Å². The van der Waals surface area contributed by atoms with Crippen LogP contribution in [-0.2, 0) is 0 Å². The molecule has 3 aromatic rings. The fourth-order valence-corrected chi connectivity index (χ4v) is 2.04. The molecule has 1 N–H and O–H groups in total. The minimum Gasteiger partial charge on any atom is -0.422 e.